The molecule has 3 rings (SSSR count). The van der Waals surface area contributed by atoms with Crippen LogP contribution in [0.3, 0.4) is 0 Å². The summed E-state index contributed by atoms with van der Waals surface area (Å²) in [5.74, 6) is 0. The maximum atomic E-state index is 5.88. The van der Waals surface area contributed by atoms with E-state index in [1.807, 2.05) is 29.8 Å². The Morgan fingerprint density at radius 3 is 3.00 bits per heavy atom. The van der Waals surface area contributed by atoms with Gasteiger partial charge < -0.3 is 4.74 Å². The number of aryl methyl sites for hydroxylation is 2. The molecule has 0 unspecified atom stereocenters. The highest BCUT2D eigenvalue weighted by Gasteiger charge is 2.37. The number of likely N-dealkylation sites (tertiary alicyclic amines) is 1. The molecule has 4 heteroatoms. The van der Waals surface area contributed by atoms with Gasteiger partial charge in [0.2, 0.25) is 0 Å². The smallest absolute Gasteiger partial charge is 0.0535 e. The lowest BCUT2D eigenvalue weighted by Gasteiger charge is -2.29. The molecule has 130 valence electrons. The van der Waals surface area contributed by atoms with Crippen molar-refractivity contribution in [1.29, 1.82) is 0 Å². The number of aromatic nitrogens is 1. The molecule has 0 amide bonds. The number of rotatable bonds is 8. The minimum atomic E-state index is 0.300. The topological polar surface area (TPSA) is 25.4 Å². The zero-order chi connectivity index (χ0) is 16.8. The Balaban J connectivity index is 1.61. The number of thiophene rings is 1. The fraction of sp³-hybridized carbons (Fsp3) is 0.550. The first kappa shape index (κ1) is 17.6. The van der Waals surface area contributed by atoms with Crippen molar-refractivity contribution in [3.05, 3.63) is 52.0 Å². The summed E-state index contributed by atoms with van der Waals surface area (Å²) in [5, 5.41) is 2.31. The Kier molecular flexibility index (Phi) is 6.04. The van der Waals surface area contributed by atoms with Gasteiger partial charge >= 0.3 is 0 Å². The summed E-state index contributed by atoms with van der Waals surface area (Å²) in [7, 11) is 0. The molecule has 3 nitrogen and oxygen atoms in total. The highest BCUT2D eigenvalue weighted by molar-refractivity contribution is 7.10. The van der Waals surface area contributed by atoms with Crippen molar-refractivity contribution in [3.63, 3.8) is 0 Å². The maximum Gasteiger partial charge on any atom is 0.0535 e. The summed E-state index contributed by atoms with van der Waals surface area (Å²) < 4.78 is 5.88. The van der Waals surface area contributed by atoms with Crippen LogP contribution in [0.5, 0.6) is 0 Å². The fourth-order valence-corrected chi connectivity index (χ4v) is 4.41. The Morgan fingerprint density at radius 1 is 1.38 bits per heavy atom. The lowest BCUT2D eigenvalue weighted by molar-refractivity contribution is 0.0489. The lowest BCUT2D eigenvalue weighted by atomic mass is 9.82. The molecule has 0 bridgehead atoms. The average molecular weight is 345 g/mol. The van der Waals surface area contributed by atoms with E-state index in [1.54, 1.807) is 0 Å². The van der Waals surface area contributed by atoms with E-state index in [2.05, 4.69) is 41.2 Å². The normalized spacial score (nSPS) is 21.4. The second-order valence-corrected chi connectivity index (χ2v) is 8.14. The van der Waals surface area contributed by atoms with E-state index in [9.17, 15) is 0 Å². The number of nitrogens with zero attached hydrogens (tertiary/aromatic N) is 2. The summed E-state index contributed by atoms with van der Waals surface area (Å²) in [4.78, 5) is 8.22. The fourth-order valence-electron chi connectivity index (χ4n) is 3.66. The third-order valence-corrected chi connectivity index (χ3v) is 5.90. The van der Waals surface area contributed by atoms with Crippen LogP contribution in [0.15, 0.2) is 36.0 Å². The minimum absolute atomic E-state index is 0.300. The summed E-state index contributed by atoms with van der Waals surface area (Å²) >= 11 is 1.86. The molecule has 0 N–H and O–H groups in total. The van der Waals surface area contributed by atoms with Crippen LogP contribution in [0, 0.1) is 12.3 Å². The first-order valence-corrected chi connectivity index (χ1v) is 9.80. The van der Waals surface area contributed by atoms with E-state index in [-0.39, 0.29) is 0 Å². The predicted octanol–water partition coefficient (Wildman–Crippen LogP) is 4.31. The molecule has 0 spiro atoms. The molecule has 3 heterocycles. The number of hydrogen-bond acceptors (Lipinski definition) is 4. The van der Waals surface area contributed by atoms with Crippen molar-refractivity contribution < 1.29 is 4.74 Å². The van der Waals surface area contributed by atoms with Gasteiger partial charge in [-0.25, -0.2) is 0 Å². The van der Waals surface area contributed by atoms with Gasteiger partial charge in [-0.05, 0) is 68.3 Å². The van der Waals surface area contributed by atoms with Crippen molar-refractivity contribution in [1.82, 2.24) is 9.88 Å². The van der Waals surface area contributed by atoms with Gasteiger partial charge in [-0.2, -0.15) is 0 Å². The van der Waals surface area contributed by atoms with Crippen molar-refractivity contribution >= 4 is 11.3 Å². The van der Waals surface area contributed by atoms with Crippen LogP contribution in [-0.4, -0.2) is 36.2 Å². The highest BCUT2D eigenvalue weighted by atomic mass is 32.1. The molecule has 1 saturated heterocycles. The van der Waals surface area contributed by atoms with E-state index in [1.165, 1.54) is 28.8 Å². The van der Waals surface area contributed by atoms with Crippen LogP contribution < -0.4 is 0 Å². The van der Waals surface area contributed by atoms with Gasteiger partial charge in [0, 0.05) is 42.4 Å². The molecule has 1 atom stereocenters. The SMILES string of the molecule is CCOC[C@]1(CCc2csc(C)c2)CCN(Cc2cccnc2)C1. The van der Waals surface area contributed by atoms with Gasteiger partial charge in [0.1, 0.15) is 0 Å². The van der Waals surface area contributed by atoms with Crippen LogP contribution in [0.25, 0.3) is 0 Å². The standard InChI is InChI=1S/C20H28N2OS/c1-3-23-16-20(7-6-18-11-17(2)24-14-18)8-10-22(15-20)13-19-5-4-9-21-12-19/h4-5,9,11-12,14H,3,6-8,10,13,15-16H2,1-2H3/t20-/m1/s1. The highest BCUT2D eigenvalue weighted by Crippen LogP contribution is 2.36. The molecule has 1 aliphatic heterocycles. The van der Waals surface area contributed by atoms with Crippen molar-refractivity contribution in [2.24, 2.45) is 5.41 Å². The van der Waals surface area contributed by atoms with E-state index in [4.69, 9.17) is 4.74 Å². The van der Waals surface area contributed by atoms with E-state index in [0.717, 1.165) is 39.3 Å². The van der Waals surface area contributed by atoms with Gasteiger partial charge in [0.25, 0.3) is 0 Å². The molecular weight excluding hydrogens is 316 g/mol. The second kappa shape index (κ2) is 8.24. The molecule has 24 heavy (non-hydrogen) atoms. The van der Waals surface area contributed by atoms with Crippen LogP contribution in [-0.2, 0) is 17.7 Å². The van der Waals surface area contributed by atoms with Crippen molar-refractivity contribution in [2.75, 3.05) is 26.3 Å². The molecule has 2 aromatic heterocycles. The molecule has 0 saturated carbocycles. The molecule has 1 aliphatic rings. The van der Waals surface area contributed by atoms with Gasteiger partial charge in [-0.3, -0.25) is 9.88 Å². The number of pyridine rings is 1. The molecule has 0 radical (unpaired) electrons. The zero-order valence-electron chi connectivity index (χ0n) is 14.8. The van der Waals surface area contributed by atoms with E-state index < -0.39 is 0 Å². The lowest BCUT2D eigenvalue weighted by Crippen LogP contribution is -2.32. The third-order valence-electron chi connectivity index (χ3n) is 4.99. The Labute approximate surface area is 149 Å². The summed E-state index contributed by atoms with van der Waals surface area (Å²) in [6.07, 6.45) is 7.44. The Hall–Kier alpha value is -1.23. The summed E-state index contributed by atoms with van der Waals surface area (Å²) in [6, 6.07) is 6.53. The molecule has 0 aliphatic carbocycles. The van der Waals surface area contributed by atoms with E-state index in [0.29, 0.717) is 5.41 Å². The van der Waals surface area contributed by atoms with Gasteiger partial charge in [0.05, 0.1) is 6.61 Å². The molecular formula is C20H28N2OS. The first-order chi connectivity index (χ1) is 11.7. The molecule has 1 fully saturated rings. The van der Waals surface area contributed by atoms with Crippen molar-refractivity contribution in [2.45, 2.75) is 39.7 Å². The predicted molar refractivity (Wildman–Crippen MR) is 100 cm³/mol. The molecule has 2 aromatic rings. The summed E-state index contributed by atoms with van der Waals surface area (Å²) in [6.45, 7) is 9.26. The van der Waals surface area contributed by atoms with Gasteiger partial charge in [-0.15, -0.1) is 11.3 Å². The molecule has 0 aromatic carbocycles. The monoisotopic (exact) mass is 344 g/mol. The van der Waals surface area contributed by atoms with Gasteiger partial charge in [-0.1, -0.05) is 6.07 Å². The van der Waals surface area contributed by atoms with Crippen LogP contribution >= 0.6 is 11.3 Å². The Bertz CT molecular complexity index is 628. The largest absolute Gasteiger partial charge is 0.381 e. The number of ether oxygens (including phenoxy) is 1. The maximum absolute atomic E-state index is 5.88. The second-order valence-electron chi connectivity index (χ2n) is 7.02. The minimum Gasteiger partial charge on any atom is -0.381 e. The zero-order valence-corrected chi connectivity index (χ0v) is 15.6. The van der Waals surface area contributed by atoms with Crippen LogP contribution in [0.4, 0.5) is 0 Å². The van der Waals surface area contributed by atoms with Gasteiger partial charge in [0.15, 0.2) is 0 Å². The third kappa shape index (κ3) is 4.65. The average Bonchev–Trinajstić information content (AvgIpc) is 3.19. The Morgan fingerprint density at radius 2 is 2.29 bits per heavy atom. The first-order valence-electron chi connectivity index (χ1n) is 8.92. The number of hydrogen-bond donors (Lipinski definition) is 0. The van der Waals surface area contributed by atoms with Crippen molar-refractivity contribution in [3.8, 4) is 0 Å². The quantitative estimate of drug-likeness (QED) is 0.713. The summed E-state index contributed by atoms with van der Waals surface area (Å²) in [5.41, 5.74) is 3.09. The van der Waals surface area contributed by atoms with E-state index >= 15 is 0 Å². The van der Waals surface area contributed by atoms with Crippen LogP contribution in [0.1, 0.15) is 35.8 Å². The van der Waals surface area contributed by atoms with Crippen LogP contribution in [0.2, 0.25) is 0 Å².